The number of carbonyl (C=O) groups excluding carboxylic acids is 2. The Morgan fingerprint density at radius 3 is 2.26 bits per heavy atom. The van der Waals surface area contributed by atoms with Gasteiger partial charge in [0.05, 0.1) is 21.5 Å². The van der Waals surface area contributed by atoms with E-state index in [1.54, 1.807) is 41.3 Å². The first-order chi connectivity index (χ1) is 14.7. The van der Waals surface area contributed by atoms with Crippen molar-refractivity contribution in [3.8, 4) is 0 Å². The van der Waals surface area contributed by atoms with E-state index < -0.39 is 10.0 Å². The van der Waals surface area contributed by atoms with Gasteiger partial charge in [0.1, 0.15) is 0 Å². The highest BCUT2D eigenvalue weighted by atomic mass is 35.5. The molecular formula is C21H23Cl2N3O4S. The summed E-state index contributed by atoms with van der Waals surface area (Å²) in [6, 6.07) is 12.8. The Morgan fingerprint density at radius 1 is 1.03 bits per heavy atom. The summed E-state index contributed by atoms with van der Waals surface area (Å²) in [5, 5.41) is 0.660. The molecule has 2 N–H and O–H groups in total. The maximum Gasteiger partial charge on any atom is 0.243 e. The van der Waals surface area contributed by atoms with Gasteiger partial charge in [0.15, 0.2) is 0 Å². The van der Waals surface area contributed by atoms with Crippen LogP contribution < -0.4 is 5.73 Å². The monoisotopic (exact) mass is 483 g/mol. The number of amides is 2. The van der Waals surface area contributed by atoms with E-state index in [4.69, 9.17) is 28.9 Å². The van der Waals surface area contributed by atoms with Crippen LogP contribution in [0.15, 0.2) is 53.4 Å². The predicted octanol–water partition coefficient (Wildman–Crippen LogP) is 2.91. The van der Waals surface area contributed by atoms with Crippen molar-refractivity contribution in [3.05, 3.63) is 64.1 Å². The molecule has 2 amide bonds. The SMILES string of the molecule is NC(=O)C1CCN(C(=O)CN(Cc2ccc(Cl)c(Cl)c2)S(=O)(=O)c2ccccc2)CC1. The van der Waals surface area contributed by atoms with E-state index in [0.717, 1.165) is 4.31 Å². The number of halogens is 2. The van der Waals surface area contributed by atoms with E-state index in [-0.39, 0.29) is 35.7 Å². The third kappa shape index (κ3) is 5.77. The van der Waals surface area contributed by atoms with Gasteiger partial charge < -0.3 is 10.6 Å². The van der Waals surface area contributed by atoms with Gasteiger partial charge in [0.25, 0.3) is 0 Å². The molecule has 0 radical (unpaired) electrons. The standard InChI is InChI=1S/C21H23Cl2N3O4S/c22-18-7-6-15(12-19(18)23)13-26(31(29,30)17-4-2-1-3-5-17)14-20(27)25-10-8-16(9-11-25)21(24)28/h1-7,12,16H,8-11,13-14H2,(H2,24,28). The molecule has 31 heavy (non-hydrogen) atoms. The molecule has 1 aliphatic rings. The van der Waals surface area contributed by atoms with Gasteiger partial charge in [0.2, 0.25) is 21.8 Å². The first-order valence-corrected chi connectivity index (χ1v) is 11.9. The van der Waals surface area contributed by atoms with E-state index in [0.29, 0.717) is 41.5 Å². The lowest BCUT2D eigenvalue weighted by atomic mass is 9.96. The third-order valence-corrected chi connectivity index (χ3v) is 7.83. The molecule has 2 aromatic carbocycles. The molecule has 0 unspecified atom stereocenters. The maximum atomic E-state index is 13.3. The summed E-state index contributed by atoms with van der Waals surface area (Å²) in [6.45, 7) is 0.340. The second kappa shape index (κ2) is 9.99. The Morgan fingerprint density at radius 2 is 1.68 bits per heavy atom. The molecule has 166 valence electrons. The average Bonchev–Trinajstić information content (AvgIpc) is 2.76. The smallest absolute Gasteiger partial charge is 0.243 e. The fraction of sp³-hybridized carbons (Fsp3) is 0.333. The highest BCUT2D eigenvalue weighted by Crippen LogP contribution is 2.25. The van der Waals surface area contributed by atoms with Crippen LogP contribution >= 0.6 is 23.2 Å². The van der Waals surface area contributed by atoms with Gasteiger partial charge in [-0.3, -0.25) is 9.59 Å². The average molecular weight is 484 g/mol. The maximum absolute atomic E-state index is 13.3. The molecule has 0 aliphatic carbocycles. The van der Waals surface area contributed by atoms with Crippen LogP contribution in [-0.4, -0.2) is 49.1 Å². The second-order valence-electron chi connectivity index (χ2n) is 7.39. The van der Waals surface area contributed by atoms with E-state index in [2.05, 4.69) is 0 Å². The molecule has 7 nitrogen and oxygen atoms in total. The Balaban J connectivity index is 1.83. The summed E-state index contributed by atoms with van der Waals surface area (Å²) in [4.78, 5) is 26.0. The fourth-order valence-corrected chi connectivity index (χ4v) is 5.19. The van der Waals surface area contributed by atoms with Gasteiger partial charge in [-0.1, -0.05) is 47.5 Å². The van der Waals surface area contributed by atoms with E-state index in [1.807, 2.05) is 0 Å². The molecule has 1 fully saturated rings. The highest BCUT2D eigenvalue weighted by Gasteiger charge is 2.31. The minimum Gasteiger partial charge on any atom is -0.369 e. The summed E-state index contributed by atoms with van der Waals surface area (Å²) < 4.78 is 27.7. The van der Waals surface area contributed by atoms with Crippen LogP contribution in [0.4, 0.5) is 0 Å². The first kappa shape index (κ1) is 23.5. The normalized spacial score (nSPS) is 15.3. The highest BCUT2D eigenvalue weighted by molar-refractivity contribution is 7.89. The molecule has 0 atom stereocenters. The second-order valence-corrected chi connectivity index (χ2v) is 10.1. The van der Waals surface area contributed by atoms with Crippen LogP contribution in [0.2, 0.25) is 10.0 Å². The molecule has 1 aliphatic heterocycles. The van der Waals surface area contributed by atoms with Gasteiger partial charge in [-0.15, -0.1) is 0 Å². The van der Waals surface area contributed by atoms with Crippen LogP contribution in [-0.2, 0) is 26.2 Å². The molecule has 0 spiro atoms. The van der Waals surface area contributed by atoms with Crippen molar-refractivity contribution in [1.82, 2.24) is 9.21 Å². The Kier molecular flexibility index (Phi) is 7.59. The van der Waals surface area contributed by atoms with Crippen LogP contribution in [0.1, 0.15) is 18.4 Å². The third-order valence-electron chi connectivity index (χ3n) is 5.29. The number of hydrogen-bond donors (Lipinski definition) is 1. The van der Waals surface area contributed by atoms with Crippen molar-refractivity contribution in [2.24, 2.45) is 11.7 Å². The van der Waals surface area contributed by atoms with Crippen LogP contribution in [0, 0.1) is 5.92 Å². The van der Waals surface area contributed by atoms with Gasteiger partial charge >= 0.3 is 0 Å². The molecule has 1 saturated heterocycles. The predicted molar refractivity (Wildman–Crippen MR) is 119 cm³/mol. The van der Waals surface area contributed by atoms with Crippen LogP contribution in [0.25, 0.3) is 0 Å². The summed E-state index contributed by atoms with van der Waals surface area (Å²) in [5.41, 5.74) is 5.96. The zero-order valence-corrected chi connectivity index (χ0v) is 19.0. The molecule has 2 aromatic rings. The van der Waals surface area contributed by atoms with Gasteiger partial charge in [-0.25, -0.2) is 8.42 Å². The van der Waals surface area contributed by atoms with Gasteiger partial charge in [-0.05, 0) is 42.7 Å². The van der Waals surface area contributed by atoms with Gasteiger partial charge in [-0.2, -0.15) is 4.31 Å². The van der Waals surface area contributed by atoms with E-state index in [1.165, 1.54) is 12.1 Å². The van der Waals surface area contributed by atoms with Crippen molar-refractivity contribution in [2.75, 3.05) is 19.6 Å². The lowest BCUT2D eigenvalue weighted by molar-refractivity contribution is -0.135. The zero-order valence-electron chi connectivity index (χ0n) is 16.7. The summed E-state index contributed by atoms with van der Waals surface area (Å²) in [6.07, 6.45) is 0.943. The number of nitrogens with zero attached hydrogens (tertiary/aromatic N) is 2. The molecule has 0 bridgehead atoms. The summed E-state index contributed by atoms with van der Waals surface area (Å²) in [5.74, 6) is -0.966. The quantitative estimate of drug-likeness (QED) is 0.653. The lowest BCUT2D eigenvalue weighted by Gasteiger charge is -2.32. The Hall–Kier alpha value is -2.13. The largest absolute Gasteiger partial charge is 0.369 e. The summed E-state index contributed by atoms with van der Waals surface area (Å²) in [7, 11) is -3.94. The first-order valence-electron chi connectivity index (χ1n) is 9.74. The van der Waals surface area contributed by atoms with Crippen LogP contribution in [0.5, 0.6) is 0 Å². The molecule has 3 rings (SSSR count). The minimum absolute atomic E-state index is 0.0440. The van der Waals surface area contributed by atoms with Crippen molar-refractivity contribution >= 4 is 45.0 Å². The lowest BCUT2D eigenvalue weighted by Crippen LogP contribution is -2.46. The fourth-order valence-electron chi connectivity index (χ4n) is 3.47. The number of hydrogen-bond acceptors (Lipinski definition) is 4. The Labute approximate surface area is 191 Å². The molecular weight excluding hydrogens is 461 g/mol. The van der Waals surface area contributed by atoms with Crippen LogP contribution in [0.3, 0.4) is 0 Å². The van der Waals surface area contributed by atoms with E-state index in [9.17, 15) is 18.0 Å². The topological polar surface area (TPSA) is 101 Å². The number of nitrogens with two attached hydrogens (primary N) is 1. The van der Waals surface area contributed by atoms with Crippen molar-refractivity contribution < 1.29 is 18.0 Å². The molecule has 10 heteroatoms. The Bertz CT molecular complexity index is 1060. The number of rotatable bonds is 7. The number of benzene rings is 2. The van der Waals surface area contributed by atoms with E-state index >= 15 is 0 Å². The number of piperidine rings is 1. The van der Waals surface area contributed by atoms with Crippen molar-refractivity contribution in [3.63, 3.8) is 0 Å². The number of sulfonamides is 1. The number of carbonyl (C=O) groups is 2. The van der Waals surface area contributed by atoms with Gasteiger partial charge in [0, 0.05) is 25.6 Å². The molecule has 0 saturated carbocycles. The number of primary amides is 1. The zero-order chi connectivity index (χ0) is 22.6. The number of likely N-dealkylation sites (tertiary alicyclic amines) is 1. The summed E-state index contributed by atoms with van der Waals surface area (Å²) >= 11 is 12.0. The molecule has 0 aromatic heterocycles. The minimum atomic E-state index is -3.94. The van der Waals surface area contributed by atoms with Crippen molar-refractivity contribution in [2.45, 2.75) is 24.3 Å². The molecule has 1 heterocycles. The van der Waals surface area contributed by atoms with Crippen molar-refractivity contribution in [1.29, 1.82) is 0 Å².